The molecular weight excluding hydrogens is 602 g/mol. The van der Waals surface area contributed by atoms with Gasteiger partial charge in [-0.1, -0.05) is 11.6 Å². The monoisotopic (exact) mass is 631 g/mol. The maximum atomic E-state index is 16.7. The molecule has 232 valence electrons. The van der Waals surface area contributed by atoms with Crippen LogP contribution >= 0.6 is 11.6 Å². The maximum absolute atomic E-state index is 16.7. The molecule has 4 aliphatic heterocycles. The molecular formula is C30H30ClF4N7O2. The van der Waals surface area contributed by atoms with E-state index in [0.717, 1.165) is 32.2 Å². The van der Waals surface area contributed by atoms with Crippen LogP contribution in [0.5, 0.6) is 6.01 Å². The van der Waals surface area contributed by atoms with Crippen molar-refractivity contribution in [2.24, 2.45) is 0 Å². The first-order valence-electron chi connectivity index (χ1n) is 14.8. The average molecular weight is 632 g/mol. The number of fused-ring (bicyclic) bond motifs is 5. The van der Waals surface area contributed by atoms with Crippen molar-refractivity contribution >= 4 is 45.4 Å². The molecule has 9 nitrogen and oxygen atoms in total. The number of nitrogen functional groups attached to an aromatic ring is 1. The molecule has 2 aromatic heterocycles. The molecule has 0 unspecified atom stereocenters. The Morgan fingerprint density at radius 3 is 2.77 bits per heavy atom. The van der Waals surface area contributed by atoms with Gasteiger partial charge in [0, 0.05) is 54.7 Å². The van der Waals surface area contributed by atoms with Gasteiger partial charge in [-0.05, 0) is 45.2 Å². The molecule has 0 aliphatic carbocycles. The fourth-order valence-electron chi connectivity index (χ4n) is 7.91. The Morgan fingerprint density at radius 2 is 1.95 bits per heavy atom. The van der Waals surface area contributed by atoms with Gasteiger partial charge in [0.1, 0.15) is 35.4 Å². The van der Waals surface area contributed by atoms with E-state index in [4.69, 9.17) is 31.5 Å². The number of piperazine rings is 1. The Morgan fingerprint density at radius 1 is 1.11 bits per heavy atom. The van der Waals surface area contributed by atoms with Gasteiger partial charge in [0.25, 0.3) is 6.01 Å². The molecule has 4 atom stereocenters. The van der Waals surface area contributed by atoms with E-state index in [2.05, 4.69) is 32.0 Å². The van der Waals surface area contributed by atoms with Crippen LogP contribution in [0.15, 0.2) is 16.5 Å². The molecule has 0 radical (unpaired) electrons. The summed E-state index contributed by atoms with van der Waals surface area (Å²) in [6, 6.07) is 1.79. The van der Waals surface area contributed by atoms with Crippen LogP contribution in [0.3, 0.4) is 0 Å². The lowest BCUT2D eigenvalue weighted by Crippen LogP contribution is -2.58. The molecule has 2 aromatic carbocycles. The Balaban J connectivity index is 1.29. The molecule has 0 spiro atoms. The van der Waals surface area contributed by atoms with Gasteiger partial charge in [-0.25, -0.2) is 17.6 Å². The third-order valence-corrected chi connectivity index (χ3v) is 10.1. The molecule has 6 heterocycles. The predicted molar refractivity (Wildman–Crippen MR) is 157 cm³/mol. The van der Waals surface area contributed by atoms with Gasteiger partial charge in [0.2, 0.25) is 0 Å². The molecule has 14 heteroatoms. The molecule has 4 saturated heterocycles. The van der Waals surface area contributed by atoms with E-state index >= 15 is 8.78 Å². The molecule has 2 bridgehead atoms. The first-order valence-corrected chi connectivity index (χ1v) is 15.2. The first-order chi connectivity index (χ1) is 21.0. The number of alkyl halides is 1. The molecule has 0 amide bonds. The highest BCUT2D eigenvalue weighted by Crippen LogP contribution is 2.45. The van der Waals surface area contributed by atoms with E-state index in [-0.39, 0.29) is 45.8 Å². The highest BCUT2D eigenvalue weighted by Gasteiger charge is 2.49. The summed E-state index contributed by atoms with van der Waals surface area (Å²) in [5, 5.41) is 3.82. The zero-order valence-corrected chi connectivity index (χ0v) is 24.7. The van der Waals surface area contributed by atoms with Gasteiger partial charge < -0.3 is 25.1 Å². The van der Waals surface area contributed by atoms with Crippen LogP contribution in [-0.2, 0) is 0 Å². The summed E-state index contributed by atoms with van der Waals surface area (Å²) in [6.45, 7) is 4.65. The van der Waals surface area contributed by atoms with Gasteiger partial charge >= 0.3 is 6.01 Å². The van der Waals surface area contributed by atoms with Crippen LogP contribution in [0.1, 0.15) is 39.0 Å². The second kappa shape index (κ2) is 9.79. The van der Waals surface area contributed by atoms with E-state index < -0.39 is 46.3 Å². The number of hydrogen-bond donors (Lipinski definition) is 2. The zero-order valence-electron chi connectivity index (χ0n) is 23.9. The lowest BCUT2D eigenvalue weighted by Gasteiger charge is -2.40. The summed E-state index contributed by atoms with van der Waals surface area (Å²) < 4.78 is 72.4. The van der Waals surface area contributed by atoms with E-state index in [0.29, 0.717) is 43.3 Å². The van der Waals surface area contributed by atoms with Gasteiger partial charge in [0.05, 0.1) is 16.1 Å². The fourth-order valence-corrected chi connectivity index (χ4v) is 8.20. The van der Waals surface area contributed by atoms with Crippen molar-refractivity contribution in [3.05, 3.63) is 34.6 Å². The minimum atomic E-state index is -1.09. The maximum Gasteiger partial charge on any atom is 0.319 e. The highest BCUT2D eigenvalue weighted by atomic mass is 35.5. The Bertz CT molecular complexity index is 1840. The van der Waals surface area contributed by atoms with Crippen LogP contribution < -0.4 is 20.7 Å². The number of hydrogen-bond acceptors (Lipinski definition) is 9. The number of nitrogens with two attached hydrogens (primary N) is 1. The molecule has 44 heavy (non-hydrogen) atoms. The first kappa shape index (κ1) is 28.1. The fraction of sp³-hybridized carbons (Fsp3) is 0.500. The summed E-state index contributed by atoms with van der Waals surface area (Å²) in [5.74, 6) is -2.65. The van der Waals surface area contributed by atoms with Crippen molar-refractivity contribution < 1.29 is 26.7 Å². The van der Waals surface area contributed by atoms with Crippen molar-refractivity contribution in [2.45, 2.75) is 62.3 Å². The SMILES string of the molecule is C[C@]12CC[C@H](CN(c3nc(OC[C@@]45CCCN4C[C@H](F)C5)nc4c(F)c(-c5c(F)cc(F)c6oc(N)nc56)c(Cl)cc34)C1)N2. The number of nitrogens with one attached hydrogen (secondary N) is 1. The lowest BCUT2D eigenvalue weighted by atomic mass is 9.95. The Hall–Kier alpha value is -3.42. The number of ether oxygens (including phenoxy) is 1. The average Bonchev–Trinajstić information content (AvgIpc) is 3.69. The van der Waals surface area contributed by atoms with E-state index in [9.17, 15) is 8.78 Å². The summed E-state index contributed by atoms with van der Waals surface area (Å²) in [5.41, 5.74) is 3.36. The minimum Gasteiger partial charge on any atom is -0.461 e. The molecule has 0 saturated carbocycles. The largest absolute Gasteiger partial charge is 0.461 e. The topological polar surface area (TPSA) is 106 Å². The summed E-state index contributed by atoms with van der Waals surface area (Å²) in [7, 11) is 0. The second-order valence-electron chi connectivity index (χ2n) is 12.9. The molecule has 4 fully saturated rings. The quantitative estimate of drug-likeness (QED) is 0.281. The smallest absolute Gasteiger partial charge is 0.319 e. The van der Waals surface area contributed by atoms with E-state index in [1.807, 2.05) is 0 Å². The predicted octanol–water partition coefficient (Wildman–Crippen LogP) is 5.38. The van der Waals surface area contributed by atoms with Crippen molar-refractivity contribution in [3.63, 3.8) is 0 Å². The number of aromatic nitrogens is 3. The van der Waals surface area contributed by atoms with E-state index in [1.54, 1.807) is 0 Å². The van der Waals surface area contributed by atoms with Crippen LogP contribution in [0.25, 0.3) is 33.1 Å². The number of halogens is 5. The van der Waals surface area contributed by atoms with Gasteiger partial charge in [-0.2, -0.15) is 15.0 Å². The van der Waals surface area contributed by atoms with Crippen molar-refractivity contribution in [3.8, 4) is 17.1 Å². The van der Waals surface area contributed by atoms with Crippen LogP contribution in [0.2, 0.25) is 5.02 Å². The molecule has 4 aliphatic rings. The van der Waals surface area contributed by atoms with Crippen molar-refractivity contribution in [1.82, 2.24) is 25.2 Å². The molecule has 3 N–H and O–H groups in total. The Kier molecular flexibility index (Phi) is 6.25. The second-order valence-corrected chi connectivity index (χ2v) is 13.3. The number of oxazole rings is 1. The number of rotatable bonds is 5. The van der Waals surface area contributed by atoms with Crippen molar-refractivity contribution in [2.75, 3.05) is 43.4 Å². The highest BCUT2D eigenvalue weighted by molar-refractivity contribution is 6.35. The summed E-state index contributed by atoms with van der Waals surface area (Å²) in [6.07, 6.45) is 3.08. The lowest BCUT2D eigenvalue weighted by molar-refractivity contribution is 0.107. The normalized spacial score (nSPS) is 28.5. The van der Waals surface area contributed by atoms with Gasteiger partial charge in [-0.3, -0.25) is 4.90 Å². The number of nitrogens with zero attached hydrogens (tertiary/aromatic N) is 5. The number of benzene rings is 2. The Labute approximate surface area is 254 Å². The standard InChI is InChI=1S/C30H30ClF4N7O2/c1-29-5-3-15(40-29)11-41(12-29)26-16-7-17(31)20(21-18(33)8-19(34)25-24(21)37-27(36)44-25)22(35)23(16)38-28(39-26)43-13-30-4-2-6-42(30)10-14(32)9-30/h7-8,14-15,40H,2-6,9-13H2,1H3,(H2,36,37)/t14-,15-,29+,30+/m1/s1. The zero-order chi connectivity index (χ0) is 30.5. The van der Waals surface area contributed by atoms with Crippen molar-refractivity contribution in [1.29, 1.82) is 0 Å². The van der Waals surface area contributed by atoms with Gasteiger partial charge in [0.15, 0.2) is 17.2 Å². The van der Waals surface area contributed by atoms with Crippen LogP contribution in [0.4, 0.5) is 29.4 Å². The molecule has 8 rings (SSSR count). The summed E-state index contributed by atoms with van der Waals surface area (Å²) >= 11 is 6.68. The number of anilines is 2. The van der Waals surface area contributed by atoms with Gasteiger partial charge in [-0.15, -0.1) is 0 Å². The van der Waals surface area contributed by atoms with Crippen LogP contribution in [0, 0.1) is 17.5 Å². The van der Waals surface area contributed by atoms with Crippen LogP contribution in [-0.4, -0.2) is 75.9 Å². The molecule has 4 aromatic rings. The third kappa shape index (κ3) is 4.30. The summed E-state index contributed by atoms with van der Waals surface area (Å²) in [4.78, 5) is 17.3. The third-order valence-electron chi connectivity index (χ3n) is 9.79. The minimum absolute atomic E-state index is 0.0744. The van der Waals surface area contributed by atoms with E-state index in [1.165, 1.54) is 6.07 Å².